The smallest absolute Gasteiger partial charge is 0.0527 e. The maximum atomic E-state index is 9.49. The Morgan fingerprint density at radius 2 is 2.12 bits per heavy atom. The topological polar surface area (TPSA) is 23.5 Å². The van der Waals surface area contributed by atoms with Crippen LogP contribution in [0.4, 0.5) is 0 Å². The van der Waals surface area contributed by atoms with Crippen LogP contribution < -0.4 is 0 Å². The van der Waals surface area contributed by atoms with Gasteiger partial charge in [0.1, 0.15) is 0 Å². The van der Waals surface area contributed by atoms with Crippen LogP contribution in [0.15, 0.2) is 30.3 Å². The van der Waals surface area contributed by atoms with Crippen LogP contribution in [0.2, 0.25) is 0 Å². The lowest BCUT2D eigenvalue weighted by Crippen LogP contribution is -2.33. The molecule has 1 fully saturated rings. The van der Waals surface area contributed by atoms with Crippen molar-refractivity contribution in [2.75, 3.05) is 13.1 Å². The number of hydrogen-bond acceptors (Lipinski definition) is 2. The normalized spacial score (nSPS) is 22.8. The van der Waals surface area contributed by atoms with Crippen LogP contribution in [0, 0.1) is 0 Å². The molecule has 0 amide bonds. The first-order valence-electron chi connectivity index (χ1n) is 6.72. The highest BCUT2D eigenvalue weighted by molar-refractivity contribution is 5.14. The molecule has 1 aromatic carbocycles. The molecule has 0 bridgehead atoms. The fourth-order valence-electron chi connectivity index (χ4n) is 2.77. The summed E-state index contributed by atoms with van der Waals surface area (Å²) in [4.78, 5) is 2.54. The van der Waals surface area contributed by atoms with Gasteiger partial charge < -0.3 is 5.11 Å². The van der Waals surface area contributed by atoms with E-state index < -0.39 is 0 Å². The zero-order valence-corrected chi connectivity index (χ0v) is 10.7. The summed E-state index contributed by atoms with van der Waals surface area (Å²) in [6.45, 7) is 4.22. The van der Waals surface area contributed by atoms with Crippen molar-refractivity contribution >= 4 is 0 Å². The minimum Gasteiger partial charge on any atom is -0.393 e. The van der Waals surface area contributed by atoms with Gasteiger partial charge in [-0.2, -0.15) is 0 Å². The Balaban J connectivity index is 1.82. The fraction of sp³-hybridized carbons (Fsp3) is 0.600. The molecule has 2 atom stereocenters. The lowest BCUT2D eigenvalue weighted by Gasteiger charge is -2.25. The van der Waals surface area contributed by atoms with Gasteiger partial charge in [-0.25, -0.2) is 0 Å². The van der Waals surface area contributed by atoms with Gasteiger partial charge >= 0.3 is 0 Å². The third-order valence-electron chi connectivity index (χ3n) is 3.64. The van der Waals surface area contributed by atoms with Crippen LogP contribution in [-0.4, -0.2) is 35.2 Å². The molecule has 0 spiro atoms. The SMILES string of the molecule is CC(O)CC1CCCN1CCc1ccccc1. The molecule has 17 heavy (non-hydrogen) atoms. The number of benzene rings is 1. The van der Waals surface area contributed by atoms with Crippen molar-refractivity contribution < 1.29 is 5.11 Å². The molecule has 2 heteroatoms. The first-order valence-corrected chi connectivity index (χ1v) is 6.72. The van der Waals surface area contributed by atoms with E-state index in [2.05, 4.69) is 35.2 Å². The zero-order chi connectivity index (χ0) is 12.1. The number of rotatable bonds is 5. The van der Waals surface area contributed by atoms with E-state index in [4.69, 9.17) is 0 Å². The van der Waals surface area contributed by atoms with Crippen molar-refractivity contribution in [2.24, 2.45) is 0 Å². The van der Waals surface area contributed by atoms with Gasteiger partial charge in [0.25, 0.3) is 0 Å². The van der Waals surface area contributed by atoms with E-state index in [1.165, 1.54) is 24.9 Å². The molecular formula is C15H23NO. The monoisotopic (exact) mass is 233 g/mol. The highest BCUT2D eigenvalue weighted by Crippen LogP contribution is 2.21. The van der Waals surface area contributed by atoms with Crippen molar-refractivity contribution in [2.45, 2.75) is 44.8 Å². The van der Waals surface area contributed by atoms with Crippen LogP contribution in [0.25, 0.3) is 0 Å². The molecule has 2 rings (SSSR count). The molecular weight excluding hydrogens is 210 g/mol. The molecule has 2 nitrogen and oxygen atoms in total. The summed E-state index contributed by atoms with van der Waals surface area (Å²) in [6.07, 6.45) is 4.41. The van der Waals surface area contributed by atoms with E-state index in [0.717, 1.165) is 19.4 Å². The number of aliphatic hydroxyl groups is 1. The number of aliphatic hydroxyl groups excluding tert-OH is 1. The Labute approximate surface area is 104 Å². The molecule has 1 N–H and O–H groups in total. The Morgan fingerprint density at radius 3 is 2.82 bits per heavy atom. The summed E-state index contributed by atoms with van der Waals surface area (Å²) in [5.74, 6) is 0. The first kappa shape index (κ1) is 12.6. The van der Waals surface area contributed by atoms with Gasteiger partial charge in [-0.3, -0.25) is 4.90 Å². The Kier molecular flexibility index (Phi) is 4.57. The Bertz CT molecular complexity index is 323. The number of nitrogens with zero attached hydrogens (tertiary/aromatic N) is 1. The van der Waals surface area contributed by atoms with Gasteiger partial charge in [-0.1, -0.05) is 30.3 Å². The maximum absolute atomic E-state index is 9.49. The van der Waals surface area contributed by atoms with Gasteiger partial charge in [-0.05, 0) is 44.7 Å². The van der Waals surface area contributed by atoms with E-state index in [1.54, 1.807) is 0 Å². The second kappa shape index (κ2) is 6.18. The van der Waals surface area contributed by atoms with E-state index in [1.807, 2.05) is 6.92 Å². The quantitative estimate of drug-likeness (QED) is 0.844. The third-order valence-corrected chi connectivity index (χ3v) is 3.64. The molecule has 94 valence electrons. The highest BCUT2D eigenvalue weighted by Gasteiger charge is 2.24. The Hall–Kier alpha value is -0.860. The summed E-state index contributed by atoms with van der Waals surface area (Å²) >= 11 is 0. The average Bonchev–Trinajstić information content (AvgIpc) is 2.74. The molecule has 1 saturated heterocycles. The molecule has 0 radical (unpaired) electrons. The molecule has 0 aliphatic carbocycles. The minimum absolute atomic E-state index is 0.169. The predicted molar refractivity (Wildman–Crippen MR) is 71.0 cm³/mol. The Morgan fingerprint density at radius 1 is 1.35 bits per heavy atom. The van der Waals surface area contributed by atoms with Gasteiger partial charge in [0, 0.05) is 12.6 Å². The molecule has 0 aromatic heterocycles. The second-order valence-corrected chi connectivity index (χ2v) is 5.15. The lowest BCUT2D eigenvalue weighted by molar-refractivity contribution is 0.134. The summed E-state index contributed by atoms with van der Waals surface area (Å²) in [5.41, 5.74) is 1.41. The molecule has 1 aliphatic rings. The van der Waals surface area contributed by atoms with Crippen LogP contribution in [0.5, 0.6) is 0 Å². The highest BCUT2D eigenvalue weighted by atomic mass is 16.3. The molecule has 1 aliphatic heterocycles. The average molecular weight is 233 g/mol. The van der Waals surface area contributed by atoms with Crippen LogP contribution in [0.3, 0.4) is 0 Å². The van der Waals surface area contributed by atoms with Crippen LogP contribution >= 0.6 is 0 Å². The van der Waals surface area contributed by atoms with E-state index >= 15 is 0 Å². The molecule has 1 heterocycles. The molecule has 2 unspecified atom stereocenters. The van der Waals surface area contributed by atoms with Crippen molar-refractivity contribution in [1.29, 1.82) is 0 Å². The van der Waals surface area contributed by atoms with Gasteiger partial charge in [0.2, 0.25) is 0 Å². The number of hydrogen-bond donors (Lipinski definition) is 1. The summed E-state index contributed by atoms with van der Waals surface area (Å²) in [7, 11) is 0. The fourth-order valence-corrected chi connectivity index (χ4v) is 2.77. The molecule has 0 saturated carbocycles. The maximum Gasteiger partial charge on any atom is 0.0527 e. The third kappa shape index (κ3) is 3.83. The van der Waals surface area contributed by atoms with E-state index in [0.29, 0.717) is 6.04 Å². The standard InChI is InChI=1S/C15H23NO/c1-13(17)12-15-8-5-10-16(15)11-9-14-6-3-2-4-7-14/h2-4,6-7,13,15,17H,5,8-12H2,1H3. The predicted octanol–water partition coefficient (Wildman–Crippen LogP) is 2.46. The van der Waals surface area contributed by atoms with E-state index in [9.17, 15) is 5.11 Å². The van der Waals surface area contributed by atoms with Crippen LogP contribution in [0.1, 0.15) is 31.7 Å². The first-order chi connectivity index (χ1) is 8.25. The number of likely N-dealkylation sites (tertiary alicyclic amines) is 1. The van der Waals surface area contributed by atoms with Crippen molar-refractivity contribution in [3.8, 4) is 0 Å². The van der Waals surface area contributed by atoms with Gasteiger partial charge in [0.15, 0.2) is 0 Å². The summed E-state index contributed by atoms with van der Waals surface area (Å²) < 4.78 is 0. The minimum atomic E-state index is -0.169. The molecule has 1 aromatic rings. The van der Waals surface area contributed by atoms with Crippen molar-refractivity contribution in [3.05, 3.63) is 35.9 Å². The zero-order valence-electron chi connectivity index (χ0n) is 10.7. The van der Waals surface area contributed by atoms with Crippen molar-refractivity contribution in [1.82, 2.24) is 4.90 Å². The lowest BCUT2D eigenvalue weighted by atomic mass is 10.1. The second-order valence-electron chi connectivity index (χ2n) is 5.15. The van der Waals surface area contributed by atoms with E-state index in [-0.39, 0.29) is 6.10 Å². The summed E-state index contributed by atoms with van der Waals surface area (Å²) in [6, 6.07) is 11.3. The van der Waals surface area contributed by atoms with Crippen molar-refractivity contribution in [3.63, 3.8) is 0 Å². The summed E-state index contributed by atoms with van der Waals surface area (Å²) in [5, 5.41) is 9.49. The van der Waals surface area contributed by atoms with Gasteiger partial charge in [0.05, 0.1) is 6.10 Å². The van der Waals surface area contributed by atoms with Crippen LogP contribution in [-0.2, 0) is 6.42 Å². The van der Waals surface area contributed by atoms with Gasteiger partial charge in [-0.15, -0.1) is 0 Å². The largest absolute Gasteiger partial charge is 0.393 e.